The molecule has 0 heterocycles. The number of hydrogen-bond acceptors (Lipinski definition) is 5. The Hall–Kier alpha value is -2.58. The molecule has 0 bridgehead atoms. The fraction of sp³-hybridized carbons (Fsp3) is 0.278. The molecule has 0 aliphatic heterocycles. The van der Waals surface area contributed by atoms with Crippen LogP contribution in [0.2, 0.25) is 0 Å². The highest BCUT2D eigenvalue weighted by Crippen LogP contribution is 2.17. The third kappa shape index (κ3) is 5.21. The van der Waals surface area contributed by atoms with E-state index in [1.807, 2.05) is 6.92 Å². The molecule has 0 saturated carbocycles. The summed E-state index contributed by atoms with van der Waals surface area (Å²) in [6.45, 7) is 3.91. The van der Waals surface area contributed by atoms with Gasteiger partial charge in [0.15, 0.2) is 0 Å². The van der Waals surface area contributed by atoms with Crippen molar-refractivity contribution in [2.45, 2.75) is 24.8 Å². The molecule has 1 atom stereocenters. The number of ether oxygens (including phenoxy) is 2. The lowest BCUT2D eigenvalue weighted by Gasteiger charge is -2.15. The quantitative estimate of drug-likeness (QED) is 0.736. The van der Waals surface area contributed by atoms with Gasteiger partial charge in [-0.1, -0.05) is 0 Å². The third-order valence-corrected chi connectivity index (χ3v) is 5.08. The Kier molecular flexibility index (Phi) is 6.59. The topological polar surface area (TPSA) is 93.7 Å². The number of anilines is 1. The molecule has 0 radical (unpaired) electrons. The SMILES string of the molecule is CCOc1ccc(NC(=O)C(C)NS(=O)(=O)c2ccc(OC)cc2)cc1. The first-order chi connectivity index (χ1) is 12.4. The Morgan fingerprint density at radius 1 is 1.04 bits per heavy atom. The molecule has 2 N–H and O–H groups in total. The lowest BCUT2D eigenvalue weighted by atomic mass is 10.2. The van der Waals surface area contributed by atoms with Crippen molar-refractivity contribution in [1.82, 2.24) is 4.72 Å². The van der Waals surface area contributed by atoms with E-state index < -0.39 is 22.0 Å². The molecule has 7 nitrogen and oxygen atoms in total. The normalized spacial score (nSPS) is 12.3. The van der Waals surface area contributed by atoms with Crippen LogP contribution in [-0.4, -0.2) is 34.1 Å². The van der Waals surface area contributed by atoms with Gasteiger partial charge in [0.2, 0.25) is 15.9 Å². The van der Waals surface area contributed by atoms with E-state index in [1.54, 1.807) is 36.4 Å². The van der Waals surface area contributed by atoms with Crippen LogP contribution < -0.4 is 19.5 Å². The van der Waals surface area contributed by atoms with E-state index in [0.717, 1.165) is 0 Å². The fourth-order valence-electron chi connectivity index (χ4n) is 2.16. The molecule has 1 unspecified atom stereocenters. The molecule has 26 heavy (non-hydrogen) atoms. The van der Waals surface area contributed by atoms with Crippen molar-refractivity contribution in [3.8, 4) is 11.5 Å². The molecule has 0 saturated heterocycles. The van der Waals surface area contributed by atoms with Crippen molar-refractivity contribution in [2.75, 3.05) is 19.0 Å². The number of hydrogen-bond donors (Lipinski definition) is 2. The van der Waals surface area contributed by atoms with Crippen LogP contribution in [0.15, 0.2) is 53.4 Å². The summed E-state index contributed by atoms with van der Waals surface area (Å²) in [6, 6.07) is 11.8. The van der Waals surface area contributed by atoms with Crippen LogP contribution in [-0.2, 0) is 14.8 Å². The van der Waals surface area contributed by atoms with Crippen molar-refractivity contribution in [3.05, 3.63) is 48.5 Å². The highest BCUT2D eigenvalue weighted by atomic mass is 32.2. The summed E-state index contributed by atoms with van der Waals surface area (Å²) in [5, 5.41) is 2.66. The summed E-state index contributed by atoms with van der Waals surface area (Å²) in [7, 11) is -2.33. The molecule has 8 heteroatoms. The Bertz CT molecular complexity index is 833. The van der Waals surface area contributed by atoms with Crippen LogP contribution in [0.25, 0.3) is 0 Å². The zero-order valence-electron chi connectivity index (χ0n) is 14.9. The lowest BCUT2D eigenvalue weighted by molar-refractivity contribution is -0.117. The molecule has 0 fully saturated rings. The summed E-state index contributed by atoms with van der Waals surface area (Å²) in [5.41, 5.74) is 0.550. The molecule has 2 aromatic rings. The summed E-state index contributed by atoms with van der Waals surface area (Å²) < 4.78 is 37.4. The number of carbonyl (C=O) groups is 1. The predicted octanol–water partition coefficient (Wildman–Crippen LogP) is 2.40. The van der Waals surface area contributed by atoms with Gasteiger partial charge < -0.3 is 14.8 Å². The highest BCUT2D eigenvalue weighted by molar-refractivity contribution is 7.89. The van der Waals surface area contributed by atoms with E-state index in [2.05, 4.69) is 10.0 Å². The summed E-state index contributed by atoms with van der Waals surface area (Å²) >= 11 is 0. The van der Waals surface area contributed by atoms with Crippen LogP contribution >= 0.6 is 0 Å². The first-order valence-corrected chi connectivity index (χ1v) is 9.54. The molecule has 2 rings (SSSR count). The van der Waals surface area contributed by atoms with Crippen molar-refractivity contribution in [1.29, 1.82) is 0 Å². The van der Waals surface area contributed by atoms with Gasteiger partial charge in [-0.2, -0.15) is 4.72 Å². The number of amides is 1. The number of nitrogens with one attached hydrogen (secondary N) is 2. The summed E-state index contributed by atoms with van der Waals surface area (Å²) in [5.74, 6) is 0.773. The van der Waals surface area contributed by atoms with E-state index in [9.17, 15) is 13.2 Å². The first kappa shape index (κ1) is 19.7. The largest absolute Gasteiger partial charge is 0.497 e. The van der Waals surface area contributed by atoms with Crippen molar-refractivity contribution >= 4 is 21.6 Å². The molecule has 140 valence electrons. The zero-order chi connectivity index (χ0) is 19.2. The molecule has 0 aliphatic carbocycles. The standard InChI is InChI=1S/C18H22N2O5S/c1-4-25-16-7-5-14(6-8-16)19-18(21)13(2)20-26(22,23)17-11-9-15(24-3)10-12-17/h5-13,20H,4H2,1-3H3,(H,19,21). The molecule has 0 spiro atoms. The van der Waals surface area contributed by atoms with Crippen LogP contribution in [0.4, 0.5) is 5.69 Å². The Balaban J connectivity index is 2.00. The second-order valence-electron chi connectivity index (χ2n) is 5.47. The maximum atomic E-state index is 12.4. The molecular weight excluding hydrogens is 356 g/mol. The number of methoxy groups -OCH3 is 1. The van der Waals surface area contributed by atoms with E-state index in [4.69, 9.17) is 9.47 Å². The number of sulfonamides is 1. The van der Waals surface area contributed by atoms with Crippen molar-refractivity contribution < 1.29 is 22.7 Å². The van der Waals surface area contributed by atoms with Gasteiger partial charge in [-0.25, -0.2) is 8.42 Å². The number of benzene rings is 2. The maximum absolute atomic E-state index is 12.4. The minimum Gasteiger partial charge on any atom is -0.497 e. The minimum absolute atomic E-state index is 0.0546. The molecule has 1 amide bonds. The van der Waals surface area contributed by atoms with Crippen LogP contribution in [0.1, 0.15) is 13.8 Å². The van der Waals surface area contributed by atoms with Gasteiger partial charge >= 0.3 is 0 Å². The third-order valence-electron chi connectivity index (χ3n) is 3.53. The minimum atomic E-state index is -3.82. The Labute approximate surface area is 153 Å². The zero-order valence-corrected chi connectivity index (χ0v) is 15.7. The van der Waals surface area contributed by atoms with Crippen molar-refractivity contribution in [2.24, 2.45) is 0 Å². The van der Waals surface area contributed by atoms with Gasteiger partial charge in [-0.3, -0.25) is 4.79 Å². The Morgan fingerprint density at radius 2 is 1.62 bits per heavy atom. The van der Waals surface area contributed by atoms with Crippen LogP contribution in [0, 0.1) is 0 Å². The van der Waals surface area contributed by atoms with E-state index >= 15 is 0 Å². The van der Waals surface area contributed by atoms with Crippen molar-refractivity contribution in [3.63, 3.8) is 0 Å². The maximum Gasteiger partial charge on any atom is 0.242 e. The summed E-state index contributed by atoms with van der Waals surface area (Å²) in [4.78, 5) is 12.3. The second-order valence-corrected chi connectivity index (χ2v) is 7.18. The lowest BCUT2D eigenvalue weighted by Crippen LogP contribution is -2.41. The van der Waals surface area contributed by atoms with Gasteiger partial charge in [0, 0.05) is 5.69 Å². The average molecular weight is 378 g/mol. The number of rotatable bonds is 8. The molecular formula is C18H22N2O5S. The van der Waals surface area contributed by atoms with Gasteiger partial charge in [-0.15, -0.1) is 0 Å². The highest BCUT2D eigenvalue weighted by Gasteiger charge is 2.22. The van der Waals surface area contributed by atoms with E-state index in [1.165, 1.54) is 26.2 Å². The predicted molar refractivity (Wildman–Crippen MR) is 99.0 cm³/mol. The monoisotopic (exact) mass is 378 g/mol. The molecule has 0 aliphatic rings. The molecule has 0 aromatic heterocycles. The molecule has 2 aromatic carbocycles. The van der Waals surface area contributed by atoms with Crippen LogP contribution in [0.5, 0.6) is 11.5 Å². The smallest absolute Gasteiger partial charge is 0.242 e. The Morgan fingerprint density at radius 3 is 2.15 bits per heavy atom. The van der Waals surface area contributed by atoms with Gasteiger partial charge in [0.05, 0.1) is 24.7 Å². The van der Waals surface area contributed by atoms with Crippen LogP contribution in [0.3, 0.4) is 0 Å². The van der Waals surface area contributed by atoms with E-state index in [-0.39, 0.29) is 4.90 Å². The van der Waals surface area contributed by atoms with Gasteiger partial charge in [0.25, 0.3) is 0 Å². The van der Waals surface area contributed by atoms with Gasteiger partial charge in [0.1, 0.15) is 11.5 Å². The number of carbonyl (C=O) groups excluding carboxylic acids is 1. The fourth-order valence-corrected chi connectivity index (χ4v) is 3.36. The van der Waals surface area contributed by atoms with E-state index in [0.29, 0.717) is 23.8 Å². The summed E-state index contributed by atoms with van der Waals surface area (Å²) in [6.07, 6.45) is 0. The van der Waals surface area contributed by atoms with Gasteiger partial charge in [-0.05, 0) is 62.4 Å². The second kappa shape index (κ2) is 8.68. The first-order valence-electron chi connectivity index (χ1n) is 8.06. The average Bonchev–Trinajstić information content (AvgIpc) is 2.63.